The van der Waals surface area contributed by atoms with Gasteiger partial charge in [-0.1, -0.05) is 26.2 Å². The molecule has 2 rings (SSSR count). The highest BCUT2D eigenvalue weighted by Gasteiger charge is 2.41. The minimum atomic E-state index is 0.262. The van der Waals surface area contributed by atoms with E-state index in [1.807, 2.05) is 0 Å². The van der Waals surface area contributed by atoms with Crippen LogP contribution in [-0.2, 0) is 0 Å². The maximum absolute atomic E-state index is 6.09. The summed E-state index contributed by atoms with van der Waals surface area (Å²) in [5.41, 5.74) is 6.35. The first kappa shape index (κ1) is 13.4. The molecule has 0 aromatic carbocycles. The van der Waals surface area contributed by atoms with Crippen molar-refractivity contribution < 1.29 is 0 Å². The number of nitrogens with two attached hydrogens (primary N) is 1. The Balaban J connectivity index is 2.06. The molecular formula is C15H30N2. The normalized spacial score (nSPS) is 30.9. The smallest absolute Gasteiger partial charge is 0.0306 e. The van der Waals surface area contributed by atoms with Crippen LogP contribution in [0.15, 0.2) is 0 Å². The van der Waals surface area contributed by atoms with Crippen molar-refractivity contribution in [2.24, 2.45) is 11.7 Å². The van der Waals surface area contributed by atoms with Gasteiger partial charge in [0.05, 0.1) is 0 Å². The van der Waals surface area contributed by atoms with Crippen LogP contribution in [0.25, 0.3) is 0 Å². The fraction of sp³-hybridized carbons (Fsp3) is 1.00. The largest absolute Gasteiger partial charge is 0.329 e. The number of nitrogens with zero attached hydrogens (tertiary/aromatic N) is 1. The van der Waals surface area contributed by atoms with Gasteiger partial charge in [0.2, 0.25) is 0 Å². The Hall–Kier alpha value is -0.0800. The minimum absolute atomic E-state index is 0.262. The summed E-state index contributed by atoms with van der Waals surface area (Å²) in [5, 5.41) is 0. The van der Waals surface area contributed by atoms with Crippen molar-refractivity contribution in [2.45, 2.75) is 76.8 Å². The van der Waals surface area contributed by atoms with Crippen molar-refractivity contribution in [1.29, 1.82) is 0 Å². The Bertz CT molecular complexity index is 235. The van der Waals surface area contributed by atoms with Gasteiger partial charge in [0, 0.05) is 18.1 Å². The zero-order chi connectivity index (χ0) is 12.3. The van der Waals surface area contributed by atoms with Crippen LogP contribution in [0.2, 0.25) is 0 Å². The zero-order valence-electron chi connectivity index (χ0n) is 11.8. The van der Waals surface area contributed by atoms with Gasteiger partial charge in [0.15, 0.2) is 0 Å². The SMILES string of the molecule is CCCC(C)(CN)N1CCCC1C1CCCC1. The van der Waals surface area contributed by atoms with E-state index in [0.29, 0.717) is 0 Å². The Labute approximate surface area is 107 Å². The second-order valence-electron chi connectivity index (χ2n) is 6.40. The molecule has 0 amide bonds. The topological polar surface area (TPSA) is 29.3 Å². The standard InChI is InChI=1S/C15H30N2/c1-3-10-15(2,12-16)17-11-6-9-14(17)13-7-4-5-8-13/h13-14H,3-12,16H2,1-2H3. The molecule has 17 heavy (non-hydrogen) atoms. The van der Waals surface area contributed by atoms with E-state index in [1.54, 1.807) is 0 Å². The lowest BCUT2D eigenvalue weighted by Gasteiger charge is -2.44. The number of likely N-dealkylation sites (tertiary alicyclic amines) is 1. The number of rotatable bonds is 5. The first-order chi connectivity index (χ1) is 8.21. The highest BCUT2D eigenvalue weighted by atomic mass is 15.3. The molecule has 0 bridgehead atoms. The van der Waals surface area contributed by atoms with Crippen molar-refractivity contribution in [3.8, 4) is 0 Å². The molecule has 2 fully saturated rings. The molecule has 0 aromatic heterocycles. The van der Waals surface area contributed by atoms with E-state index in [9.17, 15) is 0 Å². The van der Waals surface area contributed by atoms with Crippen LogP contribution in [0, 0.1) is 5.92 Å². The van der Waals surface area contributed by atoms with Gasteiger partial charge in [-0.3, -0.25) is 4.90 Å². The molecule has 2 nitrogen and oxygen atoms in total. The molecule has 100 valence electrons. The predicted molar refractivity (Wildman–Crippen MR) is 74.1 cm³/mol. The van der Waals surface area contributed by atoms with Crippen LogP contribution in [-0.4, -0.2) is 29.6 Å². The summed E-state index contributed by atoms with van der Waals surface area (Å²) < 4.78 is 0. The Morgan fingerprint density at radius 1 is 1.18 bits per heavy atom. The van der Waals surface area contributed by atoms with Gasteiger partial charge in [-0.2, -0.15) is 0 Å². The summed E-state index contributed by atoms with van der Waals surface area (Å²) in [6.45, 7) is 6.79. The van der Waals surface area contributed by atoms with Crippen molar-refractivity contribution in [3.63, 3.8) is 0 Å². The molecule has 1 saturated carbocycles. The molecule has 1 heterocycles. The Morgan fingerprint density at radius 2 is 1.88 bits per heavy atom. The lowest BCUT2D eigenvalue weighted by molar-refractivity contribution is 0.0596. The molecule has 2 N–H and O–H groups in total. The van der Waals surface area contributed by atoms with Crippen molar-refractivity contribution in [2.75, 3.05) is 13.1 Å². The zero-order valence-corrected chi connectivity index (χ0v) is 11.8. The number of hydrogen-bond acceptors (Lipinski definition) is 2. The van der Waals surface area contributed by atoms with Crippen LogP contribution in [0.4, 0.5) is 0 Å². The van der Waals surface area contributed by atoms with Gasteiger partial charge < -0.3 is 5.73 Å². The average molecular weight is 238 g/mol. The molecular weight excluding hydrogens is 208 g/mol. The van der Waals surface area contributed by atoms with Gasteiger partial charge in [0.1, 0.15) is 0 Å². The van der Waals surface area contributed by atoms with E-state index < -0.39 is 0 Å². The molecule has 0 spiro atoms. The minimum Gasteiger partial charge on any atom is -0.329 e. The van der Waals surface area contributed by atoms with Crippen LogP contribution >= 0.6 is 0 Å². The maximum atomic E-state index is 6.09. The molecule has 1 saturated heterocycles. The van der Waals surface area contributed by atoms with E-state index in [0.717, 1.165) is 18.5 Å². The van der Waals surface area contributed by atoms with Crippen LogP contribution in [0.5, 0.6) is 0 Å². The first-order valence-electron chi connectivity index (χ1n) is 7.68. The maximum Gasteiger partial charge on any atom is 0.0306 e. The second-order valence-corrected chi connectivity index (χ2v) is 6.40. The quantitative estimate of drug-likeness (QED) is 0.797. The fourth-order valence-corrected chi connectivity index (χ4v) is 4.20. The van der Waals surface area contributed by atoms with E-state index in [-0.39, 0.29) is 5.54 Å². The Kier molecular flexibility index (Phi) is 4.48. The average Bonchev–Trinajstić information content (AvgIpc) is 2.99. The van der Waals surface area contributed by atoms with Crippen molar-refractivity contribution in [1.82, 2.24) is 4.90 Å². The summed E-state index contributed by atoms with van der Waals surface area (Å²) in [7, 11) is 0. The molecule has 2 unspecified atom stereocenters. The monoisotopic (exact) mass is 238 g/mol. The van der Waals surface area contributed by atoms with E-state index in [1.165, 1.54) is 57.9 Å². The highest BCUT2D eigenvalue weighted by molar-refractivity contribution is 4.97. The van der Waals surface area contributed by atoms with E-state index >= 15 is 0 Å². The van der Waals surface area contributed by atoms with Gasteiger partial charge in [-0.05, 0) is 51.5 Å². The van der Waals surface area contributed by atoms with E-state index in [2.05, 4.69) is 18.7 Å². The van der Waals surface area contributed by atoms with Gasteiger partial charge in [-0.15, -0.1) is 0 Å². The summed E-state index contributed by atoms with van der Waals surface area (Å²) in [4.78, 5) is 2.78. The van der Waals surface area contributed by atoms with Gasteiger partial charge >= 0.3 is 0 Å². The van der Waals surface area contributed by atoms with Crippen molar-refractivity contribution >= 4 is 0 Å². The lowest BCUT2D eigenvalue weighted by atomic mass is 9.88. The highest BCUT2D eigenvalue weighted by Crippen LogP contribution is 2.39. The van der Waals surface area contributed by atoms with Crippen LogP contribution < -0.4 is 5.73 Å². The molecule has 2 aliphatic rings. The fourth-order valence-electron chi connectivity index (χ4n) is 4.20. The summed E-state index contributed by atoms with van der Waals surface area (Å²) in [5.74, 6) is 0.972. The van der Waals surface area contributed by atoms with Crippen LogP contribution in [0.1, 0.15) is 65.2 Å². The lowest BCUT2D eigenvalue weighted by Crippen LogP contribution is -2.55. The molecule has 0 aromatic rings. The molecule has 1 aliphatic heterocycles. The van der Waals surface area contributed by atoms with E-state index in [4.69, 9.17) is 5.73 Å². The van der Waals surface area contributed by atoms with Crippen LogP contribution in [0.3, 0.4) is 0 Å². The summed E-state index contributed by atoms with van der Waals surface area (Å²) in [6.07, 6.45) is 11.2. The number of hydrogen-bond donors (Lipinski definition) is 1. The molecule has 2 atom stereocenters. The molecule has 0 radical (unpaired) electrons. The predicted octanol–water partition coefficient (Wildman–Crippen LogP) is 3.16. The third kappa shape index (κ3) is 2.68. The molecule has 1 aliphatic carbocycles. The third-order valence-corrected chi connectivity index (χ3v) is 5.16. The van der Waals surface area contributed by atoms with Gasteiger partial charge in [-0.25, -0.2) is 0 Å². The molecule has 2 heteroatoms. The first-order valence-corrected chi connectivity index (χ1v) is 7.68. The summed E-state index contributed by atoms with van der Waals surface area (Å²) >= 11 is 0. The van der Waals surface area contributed by atoms with Crippen molar-refractivity contribution in [3.05, 3.63) is 0 Å². The second kappa shape index (κ2) is 5.71. The van der Waals surface area contributed by atoms with Gasteiger partial charge in [0.25, 0.3) is 0 Å². The third-order valence-electron chi connectivity index (χ3n) is 5.16. The Morgan fingerprint density at radius 3 is 2.47 bits per heavy atom. The summed E-state index contributed by atoms with van der Waals surface area (Å²) in [6, 6.07) is 0.845.